The first-order valence-electron chi connectivity index (χ1n) is 16.6. The molecule has 0 atom stereocenters. The zero-order valence-corrected chi connectivity index (χ0v) is 53.0. The molecule has 6 rings (SSSR count). The van der Waals surface area contributed by atoms with Crippen molar-refractivity contribution in [1.82, 2.24) is 15.0 Å². The topological polar surface area (TPSA) is 457 Å². The minimum Gasteiger partial charge on any atom is -0.744 e. The predicted octanol–water partition coefficient (Wildman–Crippen LogP) is -13.0. The number of hydrogen-bond donors (Lipinski definition) is 4. The minimum absolute atomic E-state index is 0. The molecule has 71 heavy (non-hydrogen) atoms. The number of sulfone groups is 1. The predicted molar refractivity (Wildman–Crippen MR) is 213 cm³/mol. The monoisotopic (exact) mass is 1210 g/mol. The van der Waals surface area contributed by atoms with E-state index < -0.39 is 160 Å². The maximum atomic E-state index is 12.5. The average Bonchev–Trinajstić information content (AvgIpc) is 3.15. The van der Waals surface area contributed by atoms with E-state index in [1.807, 2.05) is 0 Å². The SMILES string of the molecule is O=S(=O)([O-])OCCS(=O)(=O)c1ccc(Nc2nc(Cl)nc(Nc3cc(S(=O)(=O)[O-])cc4cc(S(=O)(=O)[O-])c(N=Nc5cc(S(=O)(=O)[O-])c6cccc(S(=O)(=O)[O-])c6c5O)c(O)c34)n2)cc1.[Cu].[Na+].[Na+].[Na+].[Na+].[Na+]. The first-order chi connectivity index (χ1) is 29.8. The maximum absolute atomic E-state index is 12.5. The largest absolute Gasteiger partial charge is 1.00 e. The zero-order valence-electron chi connectivity index (χ0n) is 36.4. The summed E-state index contributed by atoms with van der Waals surface area (Å²) in [6.45, 7) is -0.969. The Labute approximate surface area is 529 Å². The Morgan fingerprint density at radius 3 is 1.66 bits per heavy atom. The smallest absolute Gasteiger partial charge is 0.744 e. The molecule has 27 nitrogen and oxygen atoms in total. The summed E-state index contributed by atoms with van der Waals surface area (Å²) in [6, 6.07) is 8.67. The zero-order chi connectivity index (χ0) is 48.2. The molecule has 1 aromatic heterocycles. The van der Waals surface area contributed by atoms with E-state index >= 15 is 0 Å². The number of rotatable bonds is 15. The number of nitrogens with one attached hydrogen (secondary N) is 2. The first-order valence-corrected chi connectivity index (χ1v) is 25.6. The van der Waals surface area contributed by atoms with Crippen LogP contribution in [0.25, 0.3) is 21.5 Å². The Kier molecular flexibility index (Phi) is 26.7. The maximum Gasteiger partial charge on any atom is 1.00 e. The molecule has 0 bridgehead atoms. The molecule has 5 aromatic carbocycles. The summed E-state index contributed by atoms with van der Waals surface area (Å²) in [6.07, 6.45) is 0. The number of nitrogens with zero attached hydrogens (tertiary/aromatic N) is 5. The van der Waals surface area contributed by atoms with Crippen LogP contribution < -0.4 is 158 Å². The number of aromatic hydroxyl groups is 2. The Morgan fingerprint density at radius 1 is 0.592 bits per heavy atom. The third-order valence-electron chi connectivity index (χ3n) is 8.42. The first kappa shape index (κ1) is 70.7. The van der Waals surface area contributed by atoms with E-state index in [1.165, 1.54) is 12.1 Å². The quantitative estimate of drug-likeness (QED) is 0.0321. The van der Waals surface area contributed by atoms with Crippen LogP contribution in [0.1, 0.15) is 0 Å². The van der Waals surface area contributed by atoms with E-state index in [0.29, 0.717) is 30.3 Å². The van der Waals surface area contributed by atoms with Gasteiger partial charge < -0.3 is 43.6 Å². The fourth-order valence-electron chi connectivity index (χ4n) is 5.78. The number of phenols is 2. The van der Waals surface area contributed by atoms with Gasteiger partial charge in [-0.1, -0.05) is 12.1 Å². The molecule has 4 N–H and O–H groups in total. The van der Waals surface area contributed by atoms with Gasteiger partial charge in [-0.05, 0) is 71.6 Å². The second kappa shape index (κ2) is 26.8. The van der Waals surface area contributed by atoms with Crippen LogP contribution in [0.3, 0.4) is 0 Å². The van der Waals surface area contributed by atoms with Gasteiger partial charge in [0.25, 0.3) is 0 Å². The second-order valence-corrected chi connectivity index (χ2v) is 21.6. The molecule has 0 fully saturated rings. The van der Waals surface area contributed by atoms with Gasteiger partial charge in [-0.2, -0.15) is 15.0 Å². The van der Waals surface area contributed by atoms with Gasteiger partial charge in [-0.25, -0.2) is 50.5 Å². The van der Waals surface area contributed by atoms with E-state index in [-0.39, 0.29) is 175 Å². The van der Waals surface area contributed by atoms with Crippen molar-refractivity contribution in [3.63, 3.8) is 0 Å². The van der Waals surface area contributed by atoms with Gasteiger partial charge in [-0.3, -0.25) is 4.18 Å². The number of fused-ring (bicyclic) bond motifs is 2. The van der Waals surface area contributed by atoms with Crippen molar-refractivity contribution in [3.8, 4) is 11.5 Å². The van der Waals surface area contributed by atoms with Gasteiger partial charge in [0.15, 0.2) is 21.3 Å². The molecule has 0 aliphatic rings. The molecule has 0 aliphatic heterocycles. The Hall–Kier alpha value is -0.301. The Morgan fingerprint density at radius 2 is 1.14 bits per heavy atom. The average molecular weight is 1220 g/mol. The number of benzene rings is 5. The van der Waals surface area contributed by atoms with E-state index in [1.54, 1.807) is 0 Å². The molecule has 0 amide bonds. The Balaban J connectivity index is 0.00000817. The summed E-state index contributed by atoms with van der Waals surface area (Å²) in [5, 5.41) is 30.7. The molecular weight excluding hydrogens is 1200 g/mol. The second-order valence-electron chi connectivity index (χ2n) is 12.7. The van der Waals surface area contributed by atoms with Crippen LogP contribution in [-0.4, -0.2) is 111 Å². The fourth-order valence-corrected chi connectivity index (χ4v) is 10.0. The van der Waals surface area contributed by atoms with Crippen molar-refractivity contribution >= 4 is 129 Å². The van der Waals surface area contributed by atoms with Crippen molar-refractivity contribution in [1.29, 1.82) is 0 Å². The molecule has 0 saturated heterocycles. The van der Waals surface area contributed by atoms with Gasteiger partial charge in [0.1, 0.15) is 51.8 Å². The van der Waals surface area contributed by atoms with Crippen LogP contribution in [0.15, 0.2) is 101 Å². The van der Waals surface area contributed by atoms with Gasteiger partial charge in [0.05, 0.1) is 42.5 Å². The number of phenolic OH excluding ortho intramolecular Hbond substituents is 2. The summed E-state index contributed by atoms with van der Waals surface area (Å²) in [5.74, 6) is -4.62. The number of hydrogen-bond acceptors (Lipinski definition) is 27. The third kappa shape index (κ3) is 17.6. The van der Waals surface area contributed by atoms with E-state index in [9.17, 15) is 83.5 Å². The normalized spacial score (nSPS) is 12.0. The van der Waals surface area contributed by atoms with Gasteiger partial charge >= 0.3 is 148 Å². The van der Waals surface area contributed by atoms with Crippen molar-refractivity contribution < 1.29 is 253 Å². The van der Waals surface area contributed by atoms with Crippen LogP contribution >= 0.6 is 11.6 Å². The summed E-state index contributed by atoms with van der Waals surface area (Å²) in [5.41, 5.74) is -3.06. The standard InChI is InChI=1S/C31H24ClN7O20S6.Cu.5Na/c32-29-35-30(33-15-4-6-16(7-5-15)60(42,43)9-8-59-65(56,57)58)37-31(36-29)34-19-12-17(61(44,45)46)10-14-11-23(64(53,54)55)26(28(41)24(14)19)39-38-20-13-22(63(50,51)52)18-2-1-3-21(62(47,48)49)25(18)27(20)40;;;;;;/h1-7,10-13,40-41H,8-9H2,(H,44,45,46)(H,47,48,49)(H,50,51,52)(H,53,54,55)(H,56,57,58)(H2,33,34,35,36,37);;;;;;/q;;5*+1/p-5. The number of halogens is 1. The van der Waals surface area contributed by atoms with Crippen molar-refractivity contribution in [2.45, 2.75) is 24.5 Å². The van der Waals surface area contributed by atoms with Crippen molar-refractivity contribution in [2.24, 2.45) is 10.2 Å². The minimum atomic E-state index is -5.81. The summed E-state index contributed by atoms with van der Waals surface area (Å²) >= 11 is 6.07. The number of anilines is 4. The van der Waals surface area contributed by atoms with Crippen LogP contribution in [0.2, 0.25) is 5.28 Å². The van der Waals surface area contributed by atoms with Gasteiger partial charge in [0, 0.05) is 38.9 Å². The summed E-state index contributed by atoms with van der Waals surface area (Å²) in [4.78, 5) is 6.21. The molecule has 1 heterocycles. The molecular formula is C31H19ClCuN7Na5O20S6. The molecule has 357 valence electrons. The van der Waals surface area contributed by atoms with E-state index in [4.69, 9.17) is 11.6 Å². The summed E-state index contributed by atoms with van der Waals surface area (Å²) < 4.78 is 208. The molecule has 0 saturated carbocycles. The fraction of sp³-hybridized carbons (Fsp3) is 0.0645. The molecule has 6 aromatic rings. The Bertz CT molecular complexity index is 3750. The van der Waals surface area contributed by atoms with Crippen LogP contribution in [0.4, 0.5) is 34.6 Å². The third-order valence-corrected chi connectivity index (χ3v) is 14.2. The van der Waals surface area contributed by atoms with Crippen molar-refractivity contribution in [3.05, 3.63) is 72.0 Å². The van der Waals surface area contributed by atoms with Crippen LogP contribution in [-0.2, 0) is 82.0 Å². The van der Waals surface area contributed by atoms with E-state index in [2.05, 4.69) is 40.0 Å². The van der Waals surface area contributed by atoms with Crippen LogP contribution in [0.5, 0.6) is 11.5 Å². The van der Waals surface area contributed by atoms with Gasteiger partial charge in [0.2, 0.25) is 27.6 Å². The number of aromatic nitrogens is 3. The molecule has 40 heteroatoms. The molecule has 0 unspecified atom stereocenters. The van der Waals surface area contributed by atoms with E-state index in [0.717, 1.165) is 24.3 Å². The molecule has 1 radical (unpaired) electrons. The molecule has 0 spiro atoms. The van der Waals surface area contributed by atoms with Gasteiger partial charge in [-0.15, -0.1) is 10.2 Å². The number of azo groups is 1. The summed E-state index contributed by atoms with van der Waals surface area (Å²) in [7, 11) is -31.7. The van der Waals surface area contributed by atoms with Crippen LogP contribution in [0, 0.1) is 0 Å². The molecule has 0 aliphatic carbocycles. The van der Waals surface area contributed by atoms with Crippen molar-refractivity contribution in [2.75, 3.05) is 23.0 Å².